The first-order chi connectivity index (χ1) is 9.38. The molecule has 3 N–H and O–H groups in total. The molecule has 108 valence electrons. The van der Waals surface area contributed by atoms with Gasteiger partial charge in [0.05, 0.1) is 5.69 Å². The summed E-state index contributed by atoms with van der Waals surface area (Å²) in [5, 5.41) is 3.64. The second-order valence-electron chi connectivity index (χ2n) is 4.06. The van der Waals surface area contributed by atoms with Gasteiger partial charge in [-0.3, -0.25) is 0 Å². The van der Waals surface area contributed by atoms with E-state index in [9.17, 15) is 12.8 Å². The van der Waals surface area contributed by atoms with Gasteiger partial charge in [-0.15, -0.1) is 0 Å². The molecule has 1 aromatic carbocycles. The zero-order chi connectivity index (χ0) is 14.8. The zero-order valence-corrected chi connectivity index (χ0v) is 11.4. The van der Waals surface area contributed by atoms with Gasteiger partial charge in [-0.1, -0.05) is 5.16 Å². The van der Waals surface area contributed by atoms with Crippen LogP contribution in [0.3, 0.4) is 0 Å². The fraction of sp³-hybridized carbons (Fsp3) is 0.273. The van der Waals surface area contributed by atoms with Crippen molar-refractivity contribution in [3.63, 3.8) is 0 Å². The van der Waals surface area contributed by atoms with Crippen molar-refractivity contribution < 1.29 is 17.3 Å². The predicted molar refractivity (Wildman–Crippen MR) is 68.7 cm³/mol. The molecule has 0 aliphatic carbocycles. The number of sulfonamides is 1. The molecule has 0 amide bonds. The van der Waals surface area contributed by atoms with Gasteiger partial charge >= 0.3 is 0 Å². The van der Waals surface area contributed by atoms with E-state index < -0.39 is 15.8 Å². The van der Waals surface area contributed by atoms with Gasteiger partial charge in [-0.05, 0) is 18.2 Å². The molecule has 1 heterocycles. The van der Waals surface area contributed by atoms with Gasteiger partial charge in [-0.25, -0.2) is 17.5 Å². The van der Waals surface area contributed by atoms with Gasteiger partial charge in [0.25, 0.3) is 0 Å². The maximum absolute atomic E-state index is 12.9. The average molecular weight is 300 g/mol. The van der Waals surface area contributed by atoms with Crippen LogP contribution in [0, 0.1) is 12.7 Å². The highest BCUT2D eigenvalue weighted by molar-refractivity contribution is 7.89. The molecule has 0 fully saturated rings. The smallest absolute Gasteiger partial charge is 0.242 e. The maximum Gasteiger partial charge on any atom is 0.242 e. The van der Waals surface area contributed by atoms with Crippen LogP contribution in [0.2, 0.25) is 0 Å². The lowest BCUT2D eigenvalue weighted by Crippen LogP contribution is -2.27. The quantitative estimate of drug-likeness (QED) is 0.783. The lowest BCUT2D eigenvalue weighted by atomic mass is 10.3. The summed E-state index contributed by atoms with van der Waals surface area (Å²) in [7, 11) is -3.80. The molecule has 0 aliphatic rings. The number of aromatic nitrogens is 2. The van der Waals surface area contributed by atoms with Crippen LogP contribution in [-0.2, 0) is 16.4 Å². The summed E-state index contributed by atoms with van der Waals surface area (Å²) in [6.45, 7) is 1.72. The Balaban J connectivity index is 2.04. The summed E-state index contributed by atoms with van der Waals surface area (Å²) >= 11 is 0. The molecule has 1 aromatic heterocycles. The number of nitrogens with one attached hydrogen (secondary N) is 1. The Bertz CT molecular complexity index is 714. The van der Waals surface area contributed by atoms with E-state index in [1.165, 1.54) is 0 Å². The SMILES string of the molecule is Cc1nc(CCNS(=O)(=O)c2ccc(F)cc2N)no1. The molecular weight excluding hydrogens is 287 g/mol. The first kappa shape index (κ1) is 14.4. The van der Waals surface area contributed by atoms with Crippen LogP contribution in [0.15, 0.2) is 27.6 Å². The Kier molecular flexibility index (Phi) is 4.00. The van der Waals surface area contributed by atoms with E-state index in [-0.39, 0.29) is 23.5 Å². The fourth-order valence-corrected chi connectivity index (χ4v) is 2.72. The van der Waals surface area contributed by atoms with Gasteiger partial charge < -0.3 is 10.3 Å². The summed E-state index contributed by atoms with van der Waals surface area (Å²) in [5.74, 6) is 0.214. The third-order valence-corrected chi connectivity index (χ3v) is 4.01. The molecule has 2 aromatic rings. The van der Waals surface area contributed by atoms with Crippen molar-refractivity contribution in [2.24, 2.45) is 0 Å². The van der Waals surface area contributed by atoms with Crippen LogP contribution in [0.1, 0.15) is 11.7 Å². The monoisotopic (exact) mass is 300 g/mol. The minimum Gasteiger partial charge on any atom is -0.398 e. The van der Waals surface area contributed by atoms with Crippen molar-refractivity contribution in [3.05, 3.63) is 35.7 Å². The Labute approximate surface area is 115 Å². The number of rotatable bonds is 5. The number of anilines is 1. The number of nitrogen functional groups attached to an aromatic ring is 1. The summed E-state index contributed by atoms with van der Waals surface area (Å²) in [5.41, 5.74) is 5.35. The molecule has 7 nitrogen and oxygen atoms in total. The molecule has 0 bridgehead atoms. The first-order valence-electron chi connectivity index (χ1n) is 5.72. The largest absolute Gasteiger partial charge is 0.398 e. The van der Waals surface area contributed by atoms with Gasteiger partial charge in [-0.2, -0.15) is 4.98 Å². The minimum atomic E-state index is -3.80. The average Bonchev–Trinajstić information content (AvgIpc) is 2.74. The number of nitrogens with zero attached hydrogens (tertiary/aromatic N) is 2. The van der Waals surface area contributed by atoms with Crippen LogP contribution in [0.5, 0.6) is 0 Å². The van der Waals surface area contributed by atoms with E-state index in [4.69, 9.17) is 10.3 Å². The normalized spacial score (nSPS) is 11.7. The van der Waals surface area contributed by atoms with E-state index in [0.717, 1.165) is 18.2 Å². The summed E-state index contributed by atoms with van der Waals surface area (Å²) in [6, 6.07) is 3.11. The van der Waals surface area contributed by atoms with Gasteiger partial charge in [0, 0.05) is 19.9 Å². The standard InChI is InChI=1S/C11H13FN4O3S/c1-7-15-11(16-19-7)4-5-14-20(17,18)10-3-2-8(12)6-9(10)13/h2-3,6,14H,4-5,13H2,1H3. The predicted octanol–water partition coefficient (Wildman–Crippen LogP) is 0.620. The van der Waals surface area contributed by atoms with Crippen LogP contribution in [-0.4, -0.2) is 25.1 Å². The Hall–Kier alpha value is -2.00. The zero-order valence-electron chi connectivity index (χ0n) is 10.6. The van der Waals surface area contributed by atoms with Crippen molar-refractivity contribution >= 4 is 15.7 Å². The Morgan fingerprint density at radius 3 is 2.80 bits per heavy atom. The number of hydrogen-bond donors (Lipinski definition) is 2. The van der Waals surface area contributed by atoms with Crippen LogP contribution < -0.4 is 10.5 Å². The molecule has 2 rings (SSSR count). The first-order valence-corrected chi connectivity index (χ1v) is 7.21. The molecular formula is C11H13FN4O3S. The molecule has 20 heavy (non-hydrogen) atoms. The number of halogens is 1. The van der Waals surface area contributed by atoms with Gasteiger partial charge in [0.15, 0.2) is 5.82 Å². The lowest BCUT2D eigenvalue weighted by molar-refractivity contribution is 0.387. The third-order valence-electron chi connectivity index (χ3n) is 2.47. The van der Waals surface area contributed by atoms with E-state index in [2.05, 4.69) is 14.9 Å². The highest BCUT2D eigenvalue weighted by atomic mass is 32.2. The summed E-state index contributed by atoms with van der Waals surface area (Å²) in [4.78, 5) is 3.78. The topological polar surface area (TPSA) is 111 Å². The molecule has 0 saturated carbocycles. The molecule has 0 radical (unpaired) electrons. The van der Waals surface area contributed by atoms with Crippen molar-refractivity contribution in [2.45, 2.75) is 18.2 Å². The fourth-order valence-electron chi connectivity index (χ4n) is 1.58. The van der Waals surface area contributed by atoms with E-state index in [1.807, 2.05) is 0 Å². The number of hydrogen-bond acceptors (Lipinski definition) is 6. The third kappa shape index (κ3) is 3.31. The van der Waals surface area contributed by atoms with Crippen molar-refractivity contribution in [1.29, 1.82) is 0 Å². The van der Waals surface area contributed by atoms with Crippen molar-refractivity contribution in [1.82, 2.24) is 14.9 Å². The molecule has 0 unspecified atom stereocenters. The number of aryl methyl sites for hydroxylation is 1. The van der Waals surface area contributed by atoms with E-state index in [0.29, 0.717) is 11.7 Å². The molecule has 0 aliphatic heterocycles. The Morgan fingerprint density at radius 1 is 1.45 bits per heavy atom. The molecule has 0 saturated heterocycles. The van der Waals surface area contributed by atoms with Gasteiger partial charge in [0.2, 0.25) is 15.9 Å². The minimum absolute atomic E-state index is 0.0815. The van der Waals surface area contributed by atoms with Crippen molar-refractivity contribution in [2.75, 3.05) is 12.3 Å². The lowest BCUT2D eigenvalue weighted by Gasteiger charge is -2.08. The van der Waals surface area contributed by atoms with Crippen LogP contribution in [0.25, 0.3) is 0 Å². The Morgan fingerprint density at radius 2 is 2.20 bits per heavy atom. The van der Waals surface area contributed by atoms with E-state index >= 15 is 0 Å². The summed E-state index contributed by atoms with van der Waals surface area (Å²) in [6.07, 6.45) is 0.275. The van der Waals surface area contributed by atoms with Crippen molar-refractivity contribution in [3.8, 4) is 0 Å². The number of nitrogens with two attached hydrogens (primary N) is 1. The highest BCUT2D eigenvalue weighted by Crippen LogP contribution is 2.18. The molecule has 0 spiro atoms. The van der Waals surface area contributed by atoms with Crippen LogP contribution in [0.4, 0.5) is 10.1 Å². The maximum atomic E-state index is 12.9. The van der Waals surface area contributed by atoms with Crippen LogP contribution >= 0.6 is 0 Å². The molecule has 9 heteroatoms. The number of benzene rings is 1. The highest BCUT2D eigenvalue weighted by Gasteiger charge is 2.17. The van der Waals surface area contributed by atoms with Gasteiger partial charge in [0.1, 0.15) is 10.7 Å². The second kappa shape index (κ2) is 5.55. The summed E-state index contributed by atoms with van der Waals surface area (Å²) < 4.78 is 44.0. The molecule has 0 atom stereocenters. The second-order valence-corrected chi connectivity index (χ2v) is 5.79. The van der Waals surface area contributed by atoms with E-state index in [1.54, 1.807) is 6.92 Å².